The minimum absolute atomic E-state index is 0.0513. The molecule has 0 N–H and O–H groups in total. The van der Waals surface area contributed by atoms with E-state index in [4.69, 9.17) is 9.15 Å². The van der Waals surface area contributed by atoms with Gasteiger partial charge in [0.2, 0.25) is 11.8 Å². The van der Waals surface area contributed by atoms with Crippen molar-refractivity contribution in [1.29, 1.82) is 0 Å². The Morgan fingerprint density at radius 1 is 1.31 bits per heavy atom. The number of ether oxygens (including phenoxy) is 1. The molecule has 8 nitrogen and oxygen atoms in total. The van der Waals surface area contributed by atoms with Gasteiger partial charge in [0, 0.05) is 42.8 Å². The second kappa shape index (κ2) is 7.90. The number of benzene rings is 1. The van der Waals surface area contributed by atoms with Crippen LogP contribution in [0.3, 0.4) is 0 Å². The molecule has 0 radical (unpaired) electrons. The van der Waals surface area contributed by atoms with Crippen molar-refractivity contribution in [2.45, 2.75) is 26.5 Å². The van der Waals surface area contributed by atoms with Gasteiger partial charge in [0.25, 0.3) is 5.91 Å². The molecule has 150 valence electrons. The van der Waals surface area contributed by atoms with Crippen molar-refractivity contribution in [3.63, 3.8) is 0 Å². The fraction of sp³-hybridized carbons (Fsp3) is 0.333. The minimum Gasteiger partial charge on any atom is -0.483 e. The first-order valence-corrected chi connectivity index (χ1v) is 9.58. The van der Waals surface area contributed by atoms with Crippen LogP contribution in [-0.4, -0.2) is 57.3 Å². The van der Waals surface area contributed by atoms with Gasteiger partial charge < -0.3 is 19.0 Å². The second-order valence-corrected chi connectivity index (χ2v) is 6.86. The molecular weight excluding hydrogens is 372 g/mol. The number of piperazine rings is 1. The Morgan fingerprint density at radius 3 is 3.00 bits per heavy atom. The molecule has 1 atom stereocenters. The monoisotopic (exact) mass is 394 g/mol. The van der Waals surface area contributed by atoms with Gasteiger partial charge in [0.05, 0.1) is 0 Å². The molecule has 0 aliphatic carbocycles. The molecular formula is C21H22N4O4. The summed E-state index contributed by atoms with van der Waals surface area (Å²) in [7, 11) is 0. The zero-order valence-corrected chi connectivity index (χ0v) is 16.4. The van der Waals surface area contributed by atoms with Crippen LogP contribution >= 0.6 is 0 Å². The maximum atomic E-state index is 12.8. The maximum Gasteiger partial charge on any atom is 0.276 e. The van der Waals surface area contributed by atoms with E-state index in [2.05, 4.69) is 9.97 Å². The van der Waals surface area contributed by atoms with E-state index in [1.165, 1.54) is 11.2 Å². The van der Waals surface area contributed by atoms with Gasteiger partial charge in [-0.2, -0.15) is 0 Å². The van der Waals surface area contributed by atoms with Crippen LogP contribution in [0, 0.1) is 0 Å². The van der Waals surface area contributed by atoms with E-state index in [1.807, 2.05) is 31.2 Å². The average molecular weight is 394 g/mol. The molecule has 1 aliphatic rings. The Kier molecular flexibility index (Phi) is 5.16. The van der Waals surface area contributed by atoms with Gasteiger partial charge in [-0.05, 0) is 26.0 Å². The smallest absolute Gasteiger partial charge is 0.276 e. The van der Waals surface area contributed by atoms with E-state index < -0.39 is 6.04 Å². The molecule has 1 aromatic carbocycles. The number of amides is 2. The summed E-state index contributed by atoms with van der Waals surface area (Å²) in [4.78, 5) is 36.8. The van der Waals surface area contributed by atoms with Crippen LogP contribution in [0.4, 0.5) is 0 Å². The Labute approximate surface area is 168 Å². The van der Waals surface area contributed by atoms with Crippen LogP contribution in [0.2, 0.25) is 0 Å². The van der Waals surface area contributed by atoms with E-state index in [9.17, 15) is 9.59 Å². The number of hydrogen-bond donors (Lipinski definition) is 0. The van der Waals surface area contributed by atoms with Crippen molar-refractivity contribution in [2.24, 2.45) is 0 Å². The van der Waals surface area contributed by atoms with Crippen LogP contribution in [0.15, 0.2) is 47.3 Å². The predicted octanol–water partition coefficient (Wildman–Crippen LogP) is 2.49. The van der Waals surface area contributed by atoms with Crippen LogP contribution in [-0.2, 0) is 11.4 Å². The van der Waals surface area contributed by atoms with Crippen LogP contribution in [0.25, 0.3) is 10.8 Å². The molecule has 0 bridgehead atoms. The number of hydrogen-bond acceptors (Lipinski definition) is 6. The fourth-order valence-corrected chi connectivity index (χ4v) is 3.50. The minimum atomic E-state index is -0.517. The van der Waals surface area contributed by atoms with Crippen molar-refractivity contribution >= 4 is 22.6 Å². The first kappa shape index (κ1) is 18.9. The second-order valence-electron chi connectivity index (χ2n) is 6.86. The third-order valence-electron chi connectivity index (χ3n) is 5.15. The van der Waals surface area contributed by atoms with E-state index in [-0.39, 0.29) is 24.1 Å². The van der Waals surface area contributed by atoms with Crippen molar-refractivity contribution in [3.8, 4) is 5.75 Å². The standard InChI is InChI=1S/C21H22N4O4/c1-3-24-9-10-25(14(2)20(24)26)21(27)17-12-29-19(23-17)13-28-18-6-4-5-15-11-22-8-7-16(15)18/h4-8,11-12,14H,3,9-10,13H2,1-2H3. The van der Waals surface area contributed by atoms with Gasteiger partial charge in [-0.25, -0.2) is 4.98 Å². The number of carbonyl (C=O) groups is 2. The van der Waals surface area contributed by atoms with E-state index in [1.54, 1.807) is 24.2 Å². The summed E-state index contributed by atoms with van der Waals surface area (Å²) in [6.45, 7) is 5.39. The average Bonchev–Trinajstić information content (AvgIpc) is 3.23. The largest absolute Gasteiger partial charge is 0.483 e. The number of nitrogens with zero attached hydrogens (tertiary/aromatic N) is 4. The maximum absolute atomic E-state index is 12.8. The van der Waals surface area contributed by atoms with E-state index >= 15 is 0 Å². The highest BCUT2D eigenvalue weighted by Crippen LogP contribution is 2.25. The van der Waals surface area contributed by atoms with Crippen LogP contribution in [0.5, 0.6) is 5.75 Å². The lowest BCUT2D eigenvalue weighted by molar-refractivity contribution is -0.139. The molecule has 3 heterocycles. The summed E-state index contributed by atoms with van der Waals surface area (Å²) in [5, 5.41) is 1.91. The summed E-state index contributed by atoms with van der Waals surface area (Å²) in [5.74, 6) is 0.619. The first-order chi connectivity index (χ1) is 14.1. The zero-order chi connectivity index (χ0) is 20.4. The molecule has 1 unspecified atom stereocenters. The van der Waals surface area contributed by atoms with Gasteiger partial charge in [0.15, 0.2) is 12.3 Å². The molecule has 8 heteroatoms. The van der Waals surface area contributed by atoms with Crippen molar-refractivity contribution < 1.29 is 18.7 Å². The lowest BCUT2D eigenvalue weighted by atomic mass is 10.1. The van der Waals surface area contributed by atoms with Gasteiger partial charge in [-0.3, -0.25) is 14.6 Å². The fourth-order valence-electron chi connectivity index (χ4n) is 3.50. The van der Waals surface area contributed by atoms with E-state index in [0.29, 0.717) is 31.3 Å². The van der Waals surface area contributed by atoms with Crippen LogP contribution < -0.4 is 4.74 Å². The summed E-state index contributed by atoms with van der Waals surface area (Å²) in [6.07, 6.45) is 4.79. The molecule has 29 heavy (non-hydrogen) atoms. The lowest BCUT2D eigenvalue weighted by Gasteiger charge is -2.38. The Hall–Kier alpha value is -3.42. The first-order valence-electron chi connectivity index (χ1n) is 9.58. The number of aromatic nitrogens is 2. The number of pyridine rings is 1. The number of rotatable bonds is 5. The summed E-state index contributed by atoms with van der Waals surface area (Å²) in [6, 6.07) is 7.06. The Balaban J connectivity index is 1.44. The lowest BCUT2D eigenvalue weighted by Crippen LogP contribution is -2.57. The molecule has 2 aromatic heterocycles. The molecule has 0 spiro atoms. The van der Waals surface area contributed by atoms with Crippen molar-refractivity contribution in [2.75, 3.05) is 19.6 Å². The van der Waals surface area contributed by atoms with Crippen LogP contribution in [0.1, 0.15) is 30.2 Å². The van der Waals surface area contributed by atoms with E-state index in [0.717, 1.165) is 10.8 Å². The van der Waals surface area contributed by atoms with Crippen molar-refractivity contribution in [3.05, 3.63) is 54.5 Å². The highest BCUT2D eigenvalue weighted by Gasteiger charge is 2.35. The number of carbonyl (C=O) groups excluding carboxylic acids is 2. The summed E-state index contributed by atoms with van der Waals surface area (Å²) < 4.78 is 11.3. The topological polar surface area (TPSA) is 88.8 Å². The highest BCUT2D eigenvalue weighted by atomic mass is 16.5. The molecule has 3 aromatic rings. The molecule has 2 amide bonds. The summed E-state index contributed by atoms with van der Waals surface area (Å²) in [5.41, 5.74) is 0.176. The predicted molar refractivity (Wildman–Crippen MR) is 105 cm³/mol. The molecule has 4 rings (SSSR count). The van der Waals surface area contributed by atoms with Gasteiger partial charge >= 0.3 is 0 Å². The van der Waals surface area contributed by atoms with Crippen molar-refractivity contribution in [1.82, 2.24) is 19.8 Å². The number of fused-ring (bicyclic) bond motifs is 1. The van der Waals surface area contributed by atoms with Gasteiger partial charge in [-0.1, -0.05) is 12.1 Å². The SMILES string of the molecule is CCN1CCN(C(=O)c2coc(COc3cccc4cnccc34)n2)C(C)C1=O. The van der Waals surface area contributed by atoms with Gasteiger partial charge in [-0.15, -0.1) is 0 Å². The normalized spacial score (nSPS) is 17.0. The quantitative estimate of drug-likeness (QED) is 0.661. The third kappa shape index (κ3) is 3.65. The van der Waals surface area contributed by atoms with Gasteiger partial charge in [0.1, 0.15) is 18.1 Å². The highest BCUT2D eigenvalue weighted by molar-refractivity contribution is 5.96. The summed E-state index contributed by atoms with van der Waals surface area (Å²) >= 11 is 0. The molecule has 1 saturated heterocycles. The number of oxazole rings is 1. The number of likely N-dealkylation sites (N-methyl/N-ethyl adjacent to an activating group) is 1. The molecule has 1 fully saturated rings. The molecule has 0 saturated carbocycles. The third-order valence-corrected chi connectivity index (χ3v) is 5.15. The zero-order valence-electron chi connectivity index (χ0n) is 16.4. The Bertz CT molecular complexity index is 1040. The Morgan fingerprint density at radius 2 is 2.17 bits per heavy atom. The molecule has 1 aliphatic heterocycles.